The number of rotatable bonds is 6. The Morgan fingerprint density at radius 2 is 2.08 bits per heavy atom. The molecule has 1 aliphatic heterocycles. The molecule has 0 aliphatic carbocycles. The van der Waals surface area contributed by atoms with Crippen molar-refractivity contribution in [3.05, 3.63) is 59.5 Å². The van der Waals surface area contributed by atoms with Gasteiger partial charge in [0.2, 0.25) is 0 Å². The van der Waals surface area contributed by atoms with E-state index in [9.17, 15) is 4.79 Å². The van der Waals surface area contributed by atoms with Gasteiger partial charge in [0.25, 0.3) is 0 Å². The number of nitrogens with zero attached hydrogens (tertiary/aromatic N) is 1. The highest BCUT2D eigenvalue weighted by Crippen LogP contribution is 2.37. The van der Waals surface area contributed by atoms with Crippen molar-refractivity contribution in [1.82, 2.24) is 0 Å². The summed E-state index contributed by atoms with van der Waals surface area (Å²) >= 11 is 1.59. The summed E-state index contributed by atoms with van der Waals surface area (Å²) in [7, 11) is 1.60. The number of hydrogen-bond acceptors (Lipinski definition) is 5. The SMILES string of the molecule is COCC1CN(c2csc3cc(OCc4ccccc4)ccc23)C(=O)O1. The first-order valence-electron chi connectivity index (χ1n) is 8.39. The van der Waals surface area contributed by atoms with Gasteiger partial charge in [-0.1, -0.05) is 30.3 Å². The Morgan fingerprint density at radius 1 is 1.23 bits per heavy atom. The second kappa shape index (κ2) is 7.35. The van der Waals surface area contributed by atoms with Crippen molar-refractivity contribution in [3.63, 3.8) is 0 Å². The number of anilines is 1. The Labute approximate surface area is 155 Å². The summed E-state index contributed by atoms with van der Waals surface area (Å²) in [6.45, 7) is 1.44. The summed E-state index contributed by atoms with van der Waals surface area (Å²) < 4.78 is 17.4. The topological polar surface area (TPSA) is 48.0 Å². The van der Waals surface area contributed by atoms with Gasteiger partial charge in [0.05, 0.1) is 18.8 Å². The van der Waals surface area contributed by atoms with Crippen LogP contribution in [-0.2, 0) is 16.1 Å². The molecule has 1 amide bonds. The Morgan fingerprint density at radius 3 is 2.88 bits per heavy atom. The fraction of sp³-hybridized carbons (Fsp3) is 0.250. The molecule has 1 atom stereocenters. The number of amides is 1. The molecule has 4 rings (SSSR count). The Bertz CT molecular complexity index is 909. The number of ether oxygens (including phenoxy) is 3. The van der Waals surface area contributed by atoms with Gasteiger partial charge < -0.3 is 14.2 Å². The molecule has 1 aliphatic rings. The zero-order chi connectivity index (χ0) is 17.9. The highest BCUT2D eigenvalue weighted by atomic mass is 32.1. The van der Waals surface area contributed by atoms with Crippen LogP contribution >= 0.6 is 11.3 Å². The molecule has 1 unspecified atom stereocenters. The van der Waals surface area contributed by atoms with Crippen molar-refractivity contribution < 1.29 is 19.0 Å². The first kappa shape index (κ1) is 16.9. The quantitative estimate of drug-likeness (QED) is 0.644. The molecule has 1 fully saturated rings. The molecular formula is C20H19NO4S. The zero-order valence-corrected chi connectivity index (χ0v) is 15.2. The van der Waals surface area contributed by atoms with Gasteiger partial charge in [-0.25, -0.2) is 4.79 Å². The van der Waals surface area contributed by atoms with Crippen molar-refractivity contribution in [3.8, 4) is 5.75 Å². The molecule has 2 aromatic carbocycles. The van der Waals surface area contributed by atoms with Crippen LogP contribution in [0, 0.1) is 0 Å². The highest BCUT2D eigenvalue weighted by molar-refractivity contribution is 7.17. The summed E-state index contributed by atoms with van der Waals surface area (Å²) in [5.41, 5.74) is 2.01. The van der Waals surface area contributed by atoms with Crippen LogP contribution in [0.3, 0.4) is 0 Å². The monoisotopic (exact) mass is 369 g/mol. The number of carbonyl (C=O) groups is 1. The number of cyclic esters (lactones) is 1. The number of fused-ring (bicyclic) bond motifs is 1. The van der Waals surface area contributed by atoms with E-state index in [1.807, 2.05) is 53.9 Å². The van der Waals surface area contributed by atoms with Crippen molar-refractivity contribution >= 4 is 33.2 Å². The molecule has 2 heterocycles. The summed E-state index contributed by atoms with van der Waals surface area (Å²) in [4.78, 5) is 13.8. The molecule has 3 aromatic rings. The number of benzene rings is 2. The van der Waals surface area contributed by atoms with Gasteiger partial charge >= 0.3 is 6.09 Å². The van der Waals surface area contributed by atoms with Gasteiger partial charge in [0, 0.05) is 22.6 Å². The average molecular weight is 369 g/mol. The van der Waals surface area contributed by atoms with E-state index < -0.39 is 0 Å². The maximum Gasteiger partial charge on any atom is 0.414 e. The van der Waals surface area contributed by atoms with E-state index in [4.69, 9.17) is 14.2 Å². The minimum absolute atomic E-state index is 0.226. The summed E-state index contributed by atoms with van der Waals surface area (Å²) in [5, 5.41) is 3.01. The smallest absolute Gasteiger partial charge is 0.414 e. The molecule has 1 saturated heterocycles. The molecule has 0 spiro atoms. The van der Waals surface area contributed by atoms with Crippen molar-refractivity contribution in [2.24, 2.45) is 0 Å². The molecule has 0 N–H and O–H groups in total. The van der Waals surface area contributed by atoms with Crippen LogP contribution in [0.4, 0.5) is 10.5 Å². The van der Waals surface area contributed by atoms with Gasteiger partial charge in [-0.15, -0.1) is 11.3 Å². The third-order valence-corrected chi connectivity index (χ3v) is 5.23. The molecule has 26 heavy (non-hydrogen) atoms. The summed E-state index contributed by atoms with van der Waals surface area (Å²) in [6, 6.07) is 16.0. The number of methoxy groups -OCH3 is 1. The second-order valence-corrected chi connectivity index (χ2v) is 7.04. The first-order valence-corrected chi connectivity index (χ1v) is 9.27. The summed E-state index contributed by atoms with van der Waals surface area (Å²) in [6.07, 6.45) is -0.549. The van der Waals surface area contributed by atoms with Gasteiger partial charge in [0.15, 0.2) is 0 Å². The fourth-order valence-corrected chi connectivity index (χ4v) is 4.00. The lowest BCUT2D eigenvalue weighted by molar-refractivity contribution is 0.0718. The Balaban J connectivity index is 1.51. The Kier molecular flexibility index (Phi) is 4.77. The molecule has 6 heteroatoms. The zero-order valence-electron chi connectivity index (χ0n) is 14.4. The van der Waals surface area contributed by atoms with E-state index in [1.54, 1.807) is 23.3 Å². The van der Waals surface area contributed by atoms with E-state index in [0.29, 0.717) is 19.8 Å². The Hall–Kier alpha value is -2.57. The van der Waals surface area contributed by atoms with E-state index in [-0.39, 0.29) is 12.2 Å². The lowest BCUT2D eigenvalue weighted by atomic mass is 10.2. The molecule has 1 aromatic heterocycles. The van der Waals surface area contributed by atoms with Gasteiger partial charge in [-0.3, -0.25) is 4.90 Å². The van der Waals surface area contributed by atoms with Crippen LogP contribution in [0.15, 0.2) is 53.9 Å². The lowest BCUT2D eigenvalue weighted by Crippen LogP contribution is -2.25. The third-order valence-electron chi connectivity index (χ3n) is 4.29. The van der Waals surface area contributed by atoms with Crippen molar-refractivity contribution in [2.75, 3.05) is 25.2 Å². The predicted molar refractivity (Wildman–Crippen MR) is 102 cm³/mol. The van der Waals surface area contributed by atoms with E-state index in [0.717, 1.165) is 27.1 Å². The highest BCUT2D eigenvalue weighted by Gasteiger charge is 2.33. The van der Waals surface area contributed by atoms with Crippen LogP contribution in [-0.4, -0.2) is 32.5 Å². The first-order chi connectivity index (χ1) is 12.7. The van der Waals surface area contributed by atoms with Crippen LogP contribution in [0.2, 0.25) is 0 Å². The van der Waals surface area contributed by atoms with Crippen LogP contribution < -0.4 is 9.64 Å². The molecular weight excluding hydrogens is 350 g/mol. The minimum atomic E-state index is -0.323. The number of carbonyl (C=O) groups excluding carboxylic acids is 1. The molecule has 0 saturated carbocycles. The molecule has 5 nitrogen and oxygen atoms in total. The maximum atomic E-state index is 12.2. The normalized spacial score (nSPS) is 16.9. The van der Waals surface area contributed by atoms with Crippen molar-refractivity contribution in [1.29, 1.82) is 0 Å². The second-order valence-electron chi connectivity index (χ2n) is 6.12. The number of thiophene rings is 1. The van der Waals surface area contributed by atoms with E-state index in [1.165, 1.54) is 0 Å². The molecule has 134 valence electrons. The minimum Gasteiger partial charge on any atom is -0.489 e. The van der Waals surface area contributed by atoms with Crippen LogP contribution in [0.1, 0.15) is 5.56 Å². The predicted octanol–water partition coefficient (Wildman–Crippen LogP) is 4.45. The van der Waals surface area contributed by atoms with Crippen LogP contribution in [0.5, 0.6) is 5.75 Å². The maximum absolute atomic E-state index is 12.2. The third kappa shape index (κ3) is 3.38. The van der Waals surface area contributed by atoms with E-state index in [2.05, 4.69) is 0 Å². The molecule has 0 bridgehead atoms. The van der Waals surface area contributed by atoms with Crippen molar-refractivity contribution in [2.45, 2.75) is 12.7 Å². The average Bonchev–Trinajstić information content (AvgIpc) is 3.23. The largest absolute Gasteiger partial charge is 0.489 e. The van der Waals surface area contributed by atoms with Gasteiger partial charge in [0.1, 0.15) is 18.5 Å². The van der Waals surface area contributed by atoms with Crippen LogP contribution in [0.25, 0.3) is 10.1 Å². The number of hydrogen-bond donors (Lipinski definition) is 0. The summed E-state index contributed by atoms with van der Waals surface area (Å²) in [5.74, 6) is 0.816. The van der Waals surface area contributed by atoms with E-state index >= 15 is 0 Å². The standard InChI is InChI=1S/C20H19NO4S/c1-23-12-16-10-21(20(22)25-16)18-13-26-19-9-15(7-8-17(18)19)24-11-14-5-3-2-4-6-14/h2-9,13,16H,10-12H2,1H3. The van der Waals surface area contributed by atoms with Gasteiger partial charge in [-0.2, -0.15) is 0 Å². The lowest BCUT2D eigenvalue weighted by Gasteiger charge is -2.12. The van der Waals surface area contributed by atoms with Gasteiger partial charge in [-0.05, 0) is 23.8 Å². The fourth-order valence-electron chi connectivity index (χ4n) is 3.03. The molecule has 0 radical (unpaired) electrons.